The highest BCUT2D eigenvalue weighted by Gasteiger charge is 2.26. The number of amidine groups is 1. The molecule has 0 saturated carbocycles. The van der Waals surface area contributed by atoms with Crippen molar-refractivity contribution in [1.82, 2.24) is 9.88 Å². The number of benzene rings is 1. The molecule has 0 unspecified atom stereocenters. The number of likely N-dealkylation sites (tertiary alicyclic amines) is 1. The topological polar surface area (TPSA) is 61.5 Å². The zero-order valence-electron chi connectivity index (χ0n) is 16.8. The van der Waals surface area contributed by atoms with Gasteiger partial charge in [0, 0.05) is 34.4 Å². The highest BCUT2D eigenvalue weighted by Crippen LogP contribution is 2.39. The molecule has 154 valence electrons. The molecule has 1 aliphatic carbocycles. The summed E-state index contributed by atoms with van der Waals surface area (Å²) in [4.78, 5) is 10.7. The Morgan fingerprint density at radius 2 is 2.00 bits per heavy atom. The molecule has 2 aromatic rings. The van der Waals surface area contributed by atoms with Crippen molar-refractivity contribution in [3.05, 3.63) is 67.9 Å². The van der Waals surface area contributed by atoms with E-state index in [0.29, 0.717) is 12.6 Å². The fraction of sp³-hybridized carbons (Fsp3) is 0.348. The van der Waals surface area contributed by atoms with Gasteiger partial charge in [0.05, 0.1) is 12.3 Å². The van der Waals surface area contributed by atoms with Gasteiger partial charge in [-0.25, -0.2) is 0 Å². The largest absolute Gasteiger partial charge is 0.465 e. The number of hydrogen-bond acceptors (Lipinski definition) is 4. The molecule has 0 radical (unpaired) electrons. The van der Waals surface area contributed by atoms with Crippen LogP contribution in [-0.4, -0.2) is 35.6 Å². The van der Waals surface area contributed by atoms with Gasteiger partial charge in [-0.1, -0.05) is 23.2 Å². The normalized spacial score (nSPS) is 16.5. The Bertz CT molecular complexity index is 1010. The summed E-state index contributed by atoms with van der Waals surface area (Å²) in [5.41, 5.74) is 7.42. The molecular weight excluding hydrogens is 464 g/mol. The number of aryl methyl sites for hydroxylation is 2. The smallest absolute Gasteiger partial charge is 0.302 e. The molecule has 1 aliphatic heterocycles. The number of aromatic nitrogens is 1. The van der Waals surface area contributed by atoms with Crippen LogP contribution in [0.25, 0.3) is 5.57 Å². The Balaban J connectivity index is 1.76. The van der Waals surface area contributed by atoms with E-state index in [1.54, 1.807) is 0 Å². The molecule has 0 bridgehead atoms. The van der Waals surface area contributed by atoms with Gasteiger partial charge < -0.3 is 9.64 Å². The van der Waals surface area contributed by atoms with Crippen LogP contribution in [0.5, 0.6) is 0 Å². The highest BCUT2D eigenvalue weighted by atomic mass is 79.9. The van der Waals surface area contributed by atoms with E-state index in [2.05, 4.69) is 39.1 Å². The average Bonchev–Trinajstić information content (AvgIpc) is 2.90. The van der Waals surface area contributed by atoms with Gasteiger partial charge in [0.2, 0.25) is 6.19 Å². The SMILES string of the molecule is CCOC(=NC#N)N1CCC(=C2c3ccc(Cl)cc3CCc3cc(Br)cnc32)CC1. The van der Waals surface area contributed by atoms with E-state index < -0.39 is 0 Å². The molecule has 7 heteroatoms. The van der Waals surface area contributed by atoms with Crippen molar-refractivity contribution in [2.24, 2.45) is 4.99 Å². The van der Waals surface area contributed by atoms with Gasteiger partial charge in [0.15, 0.2) is 0 Å². The number of nitriles is 1. The predicted molar refractivity (Wildman–Crippen MR) is 122 cm³/mol. The first-order chi connectivity index (χ1) is 14.6. The first kappa shape index (κ1) is 20.9. The summed E-state index contributed by atoms with van der Waals surface area (Å²) in [7, 11) is 0. The van der Waals surface area contributed by atoms with E-state index in [9.17, 15) is 0 Å². The summed E-state index contributed by atoms with van der Waals surface area (Å²) in [5, 5.41) is 9.73. The van der Waals surface area contributed by atoms with Crippen molar-refractivity contribution in [3.63, 3.8) is 0 Å². The number of halogens is 2. The molecule has 30 heavy (non-hydrogen) atoms. The van der Waals surface area contributed by atoms with Crippen molar-refractivity contribution >= 4 is 39.1 Å². The summed E-state index contributed by atoms with van der Waals surface area (Å²) < 4.78 is 6.57. The van der Waals surface area contributed by atoms with E-state index in [-0.39, 0.29) is 0 Å². The van der Waals surface area contributed by atoms with E-state index in [1.165, 1.54) is 27.8 Å². The van der Waals surface area contributed by atoms with Crippen LogP contribution >= 0.6 is 27.5 Å². The molecule has 0 amide bonds. The fourth-order valence-corrected chi connectivity index (χ4v) is 4.82. The molecule has 0 spiro atoms. The van der Waals surface area contributed by atoms with Gasteiger partial charge in [-0.2, -0.15) is 5.26 Å². The molecule has 1 saturated heterocycles. The quantitative estimate of drug-likeness (QED) is 0.310. The molecule has 5 nitrogen and oxygen atoms in total. The van der Waals surface area contributed by atoms with Gasteiger partial charge in [-0.3, -0.25) is 4.98 Å². The Kier molecular flexibility index (Phi) is 6.40. The number of nitrogens with zero attached hydrogens (tertiary/aromatic N) is 4. The number of piperidine rings is 1. The van der Waals surface area contributed by atoms with Crippen molar-refractivity contribution in [2.45, 2.75) is 32.6 Å². The minimum atomic E-state index is 0.416. The summed E-state index contributed by atoms with van der Waals surface area (Å²) in [6, 6.07) is 8.78. The van der Waals surface area contributed by atoms with Crippen LogP contribution in [0.15, 0.2) is 45.5 Å². The Morgan fingerprint density at radius 3 is 2.73 bits per heavy atom. The molecular formula is C23H22BrClN4O. The van der Waals surface area contributed by atoms with Crippen LogP contribution in [0.3, 0.4) is 0 Å². The lowest BCUT2D eigenvalue weighted by atomic mass is 9.88. The van der Waals surface area contributed by atoms with Crippen LogP contribution in [0.2, 0.25) is 5.02 Å². The second-order valence-corrected chi connectivity index (χ2v) is 8.71. The number of ether oxygens (including phenoxy) is 1. The number of pyridine rings is 1. The molecule has 2 aliphatic rings. The molecule has 2 heterocycles. The third kappa shape index (κ3) is 4.23. The van der Waals surface area contributed by atoms with E-state index in [1.807, 2.05) is 30.3 Å². The zero-order valence-corrected chi connectivity index (χ0v) is 19.1. The lowest BCUT2D eigenvalue weighted by Gasteiger charge is -2.31. The summed E-state index contributed by atoms with van der Waals surface area (Å²) in [6.07, 6.45) is 7.33. The second-order valence-electron chi connectivity index (χ2n) is 7.36. The lowest BCUT2D eigenvalue weighted by Crippen LogP contribution is -2.38. The van der Waals surface area contributed by atoms with Crippen LogP contribution < -0.4 is 0 Å². The maximum absolute atomic E-state index is 8.97. The van der Waals surface area contributed by atoms with E-state index >= 15 is 0 Å². The summed E-state index contributed by atoms with van der Waals surface area (Å²) >= 11 is 9.89. The minimum absolute atomic E-state index is 0.416. The Hall–Kier alpha value is -2.36. The van der Waals surface area contributed by atoms with Gasteiger partial charge >= 0.3 is 6.02 Å². The molecule has 1 aromatic carbocycles. The van der Waals surface area contributed by atoms with Crippen LogP contribution in [-0.2, 0) is 17.6 Å². The third-order valence-electron chi connectivity index (χ3n) is 5.58. The van der Waals surface area contributed by atoms with Gasteiger partial charge in [0.1, 0.15) is 0 Å². The standard InChI is InChI=1S/C23H22BrClN4O/c1-2-30-23(28-14-26)29-9-7-15(8-10-29)21-20-6-5-19(25)12-16(20)3-4-17-11-18(24)13-27-22(17)21/h5-6,11-13H,2-4,7-10H2,1H3. The van der Waals surface area contributed by atoms with Gasteiger partial charge in [0.25, 0.3) is 0 Å². The predicted octanol–water partition coefficient (Wildman–Crippen LogP) is 5.37. The van der Waals surface area contributed by atoms with Gasteiger partial charge in [-0.05, 0) is 83.4 Å². The zero-order chi connectivity index (χ0) is 21.1. The maximum Gasteiger partial charge on any atom is 0.302 e. The van der Waals surface area contributed by atoms with Crippen LogP contribution in [0, 0.1) is 11.5 Å². The second kappa shape index (κ2) is 9.20. The van der Waals surface area contributed by atoms with Crippen molar-refractivity contribution in [2.75, 3.05) is 19.7 Å². The number of rotatable bonds is 1. The summed E-state index contributed by atoms with van der Waals surface area (Å²) in [6.45, 7) is 3.91. The summed E-state index contributed by atoms with van der Waals surface area (Å²) in [5.74, 6) is 0. The molecule has 0 N–H and O–H groups in total. The molecule has 0 atom stereocenters. The van der Waals surface area contributed by atoms with E-state index in [0.717, 1.165) is 54.0 Å². The van der Waals surface area contributed by atoms with E-state index in [4.69, 9.17) is 26.6 Å². The van der Waals surface area contributed by atoms with Crippen LogP contribution in [0.1, 0.15) is 42.1 Å². The number of fused-ring (bicyclic) bond motifs is 2. The Morgan fingerprint density at radius 1 is 1.23 bits per heavy atom. The van der Waals surface area contributed by atoms with Crippen molar-refractivity contribution in [3.8, 4) is 6.19 Å². The molecule has 4 rings (SSSR count). The van der Waals surface area contributed by atoms with Crippen LogP contribution in [0.4, 0.5) is 0 Å². The number of hydrogen-bond donors (Lipinski definition) is 0. The first-order valence-electron chi connectivity index (χ1n) is 10.1. The van der Waals surface area contributed by atoms with Crippen molar-refractivity contribution < 1.29 is 4.74 Å². The van der Waals surface area contributed by atoms with Crippen molar-refractivity contribution in [1.29, 1.82) is 5.26 Å². The third-order valence-corrected chi connectivity index (χ3v) is 6.25. The van der Waals surface area contributed by atoms with Gasteiger partial charge in [-0.15, -0.1) is 4.99 Å². The maximum atomic E-state index is 8.97. The fourth-order valence-electron chi connectivity index (χ4n) is 4.25. The lowest BCUT2D eigenvalue weighted by molar-refractivity contribution is 0.235. The Labute approximate surface area is 190 Å². The highest BCUT2D eigenvalue weighted by molar-refractivity contribution is 9.10. The monoisotopic (exact) mass is 484 g/mol. The minimum Gasteiger partial charge on any atom is -0.465 e. The molecule has 1 fully saturated rings. The average molecular weight is 486 g/mol. The molecule has 1 aromatic heterocycles. The number of aliphatic imine (C=N–C) groups is 1. The first-order valence-corrected chi connectivity index (χ1v) is 11.3.